The van der Waals surface area contributed by atoms with Gasteiger partial charge < -0.3 is 9.72 Å². The lowest BCUT2D eigenvalue weighted by Gasteiger charge is -2.17. The molecule has 26 heavy (non-hydrogen) atoms. The molecular formula is C20H22N2O2S2. The maximum absolute atomic E-state index is 12.7. The average molecular weight is 387 g/mol. The number of aromatic nitrogens is 2. The van der Waals surface area contributed by atoms with Crippen LogP contribution in [-0.4, -0.2) is 17.1 Å². The highest BCUT2D eigenvalue weighted by atomic mass is 32.2. The minimum Gasteiger partial charge on any atom is -0.497 e. The number of thiophene rings is 1. The van der Waals surface area contributed by atoms with Gasteiger partial charge in [0.05, 0.1) is 17.7 Å². The quantitative estimate of drug-likeness (QED) is 0.643. The van der Waals surface area contributed by atoms with Gasteiger partial charge in [-0.25, -0.2) is 4.98 Å². The molecule has 0 bridgehead atoms. The number of methoxy groups -OCH3 is 1. The Kier molecular flexibility index (Phi) is 4.80. The van der Waals surface area contributed by atoms with E-state index < -0.39 is 0 Å². The van der Waals surface area contributed by atoms with Crippen LogP contribution in [0.3, 0.4) is 0 Å². The molecule has 1 aliphatic rings. The maximum atomic E-state index is 12.7. The molecule has 0 unspecified atom stereocenters. The van der Waals surface area contributed by atoms with Crippen LogP contribution < -0.4 is 10.3 Å². The van der Waals surface area contributed by atoms with Gasteiger partial charge in [0.2, 0.25) is 0 Å². The standard InChI is InChI=1S/C20H22N2O2S2/c1-11-4-9-15-16(10-11)26-20-17(15)19(23)21-18(22-20)12(2)25-14-7-5-13(24-3)6-8-14/h5-8,11-12H,4,9-10H2,1-3H3,(H,21,22,23)/t11-,12+/m0/s1. The van der Waals surface area contributed by atoms with E-state index in [2.05, 4.69) is 18.8 Å². The molecule has 0 saturated carbocycles. The predicted molar refractivity (Wildman–Crippen MR) is 109 cm³/mol. The molecule has 0 spiro atoms. The molecular weight excluding hydrogens is 364 g/mol. The second kappa shape index (κ2) is 7.08. The molecule has 3 aromatic rings. The largest absolute Gasteiger partial charge is 0.497 e. The third kappa shape index (κ3) is 3.28. The van der Waals surface area contributed by atoms with Gasteiger partial charge in [0, 0.05) is 9.77 Å². The van der Waals surface area contributed by atoms with Crippen LogP contribution in [0.4, 0.5) is 0 Å². The third-order valence-corrected chi connectivity index (χ3v) is 7.21. The van der Waals surface area contributed by atoms with E-state index in [0.717, 1.165) is 45.9 Å². The number of rotatable bonds is 4. The fourth-order valence-electron chi connectivity index (χ4n) is 3.47. The van der Waals surface area contributed by atoms with Crippen molar-refractivity contribution < 1.29 is 4.74 Å². The lowest BCUT2D eigenvalue weighted by molar-refractivity contribution is 0.414. The lowest BCUT2D eigenvalue weighted by Crippen LogP contribution is -2.15. The molecule has 0 amide bonds. The van der Waals surface area contributed by atoms with Crippen LogP contribution in [0.1, 0.15) is 41.8 Å². The van der Waals surface area contributed by atoms with Crippen LogP contribution in [0.25, 0.3) is 10.2 Å². The zero-order valence-electron chi connectivity index (χ0n) is 15.2. The van der Waals surface area contributed by atoms with Crippen molar-refractivity contribution in [3.05, 3.63) is 50.9 Å². The summed E-state index contributed by atoms with van der Waals surface area (Å²) < 4.78 is 5.20. The van der Waals surface area contributed by atoms with Crippen LogP contribution in [0, 0.1) is 5.92 Å². The van der Waals surface area contributed by atoms with Crippen molar-refractivity contribution in [1.29, 1.82) is 0 Å². The van der Waals surface area contributed by atoms with Crippen molar-refractivity contribution in [2.75, 3.05) is 7.11 Å². The van der Waals surface area contributed by atoms with Crippen LogP contribution in [0.2, 0.25) is 0 Å². The summed E-state index contributed by atoms with van der Waals surface area (Å²) in [7, 11) is 1.66. The monoisotopic (exact) mass is 386 g/mol. The van der Waals surface area contributed by atoms with Gasteiger partial charge in [-0.3, -0.25) is 4.79 Å². The molecule has 0 radical (unpaired) electrons. The summed E-state index contributed by atoms with van der Waals surface area (Å²) in [5.74, 6) is 2.28. The highest BCUT2D eigenvalue weighted by Crippen LogP contribution is 2.38. The normalized spacial score (nSPS) is 17.9. The second-order valence-corrected chi connectivity index (χ2v) is 9.42. The molecule has 1 aliphatic carbocycles. The van der Waals surface area contributed by atoms with Gasteiger partial charge in [0.15, 0.2) is 0 Å². The summed E-state index contributed by atoms with van der Waals surface area (Å²) in [4.78, 5) is 24.0. The Balaban J connectivity index is 1.65. The number of ether oxygens (including phenoxy) is 1. The fourth-order valence-corrected chi connectivity index (χ4v) is 5.79. The van der Waals surface area contributed by atoms with E-state index in [9.17, 15) is 4.79 Å². The molecule has 0 saturated heterocycles. The highest BCUT2D eigenvalue weighted by molar-refractivity contribution is 7.99. The number of nitrogens with one attached hydrogen (secondary N) is 1. The van der Waals surface area contributed by atoms with Crippen LogP contribution in [0.5, 0.6) is 5.75 Å². The van der Waals surface area contributed by atoms with Gasteiger partial charge in [-0.1, -0.05) is 6.92 Å². The topological polar surface area (TPSA) is 55.0 Å². The third-order valence-electron chi connectivity index (χ3n) is 4.94. The fraction of sp³-hybridized carbons (Fsp3) is 0.400. The summed E-state index contributed by atoms with van der Waals surface area (Å²) in [6, 6.07) is 7.95. The first kappa shape index (κ1) is 17.6. The van der Waals surface area contributed by atoms with Gasteiger partial charge in [0.25, 0.3) is 5.56 Å². The molecule has 2 heterocycles. The molecule has 1 N–H and O–H groups in total. The maximum Gasteiger partial charge on any atom is 0.259 e. The Morgan fingerprint density at radius 1 is 1.35 bits per heavy atom. The Morgan fingerprint density at radius 2 is 2.12 bits per heavy atom. The van der Waals surface area contributed by atoms with E-state index in [1.165, 1.54) is 10.4 Å². The van der Waals surface area contributed by atoms with Crippen molar-refractivity contribution in [2.45, 2.75) is 43.3 Å². The number of fused-ring (bicyclic) bond motifs is 3. The number of thioether (sulfide) groups is 1. The smallest absolute Gasteiger partial charge is 0.259 e. The number of aryl methyl sites for hydroxylation is 1. The molecule has 4 rings (SSSR count). The van der Waals surface area contributed by atoms with Gasteiger partial charge >= 0.3 is 0 Å². The Labute approximate surface area is 161 Å². The second-order valence-electron chi connectivity index (χ2n) is 6.92. The first-order chi connectivity index (χ1) is 12.5. The molecule has 0 aliphatic heterocycles. The van der Waals surface area contributed by atoms with E-state index in [4.69, 9.17) is 9.72 Å². The molecule has 1 aromatic carbocycles. The molecule has 4 nitrogen and oxygen atoms in total. The van der Waals surface area contributed by atoms with E-state index in [-0.39, 0.29) is 10.8 Å². The first-order valence-electron chi connectivity index (χ1n) is 8.90. The average Bonchev–Trinajstić information content (AvgIpc) is 3.00. The summed E-state index contributed by atoms with van der Waals surface area (Å²) in [6.07, 6.45) is 3.22. The van der Waals surface area contributed by atoms with Gasteiger partial charge in [-0.2, -0.15) is 0 Å². The lowest BCUT2D eigenvalue weighted by atomic mass is 9.89. The Hall–Kier alpha value is -1.79. The summed E-state index contributed by atoms with van der Waals surface area (Å²) in [5.41, 5.74) is 1.25. The molecule has 136 valence electrons. The zero-order valence-corrected chi connectivity index (χ0v) is 16.8. The molecule has 0 fully saturated rings. The summed E-state index contributed by atoms with van der Waals surface area (Å²) >= 11 is 3.39. The minimum absolute atomic E-state index is 0.0132. The van der Waals surface area contributed by atoms with Crippen LogP contribution >= 0.6 is 23.1 Å². The van der Waals surface area contributed by atoms with Crippen molar-refractivity contribution in [2.24, 2.45) is 5.92 Å². The number of aromatic amines is 1. The Morgan fingerprint density at radius 3 is 2.85 bits per heavy atom. The van der Waals surface area contributed by atoms with Crippen molar-refractivity contribution >= 4 is 33.3 Å². The van der Waals surface area contributed by atoms with E-state index in [1.807, 2.05) is 24.3 Å². The highest BCUT2D eigenvalue weighted by Gasteiger charge is 2.23. The van der Waals surface area contributed by atoms with Crippen molar-refractivity contribution in [1.82, 2.24) is 9.97 Å². The SMILES string of the molecule is COc1ccc(S[C@H](C)c2nc3sc4c(c3c(=O)[nH]2)CC[C@H](C)C4)cc1. The van der Waals surface area contributed by atoms with Crippen molar-refractivity contribution in [3.63, 3.8) is 0 Å². The molecule has 2 atom stereocenters. The number of hydrogen-bond acceptors (Lipinski definition) is 5. The van der Waals surface area contributed by atoms with Crippen LogP contribution in [0.15, 0.2) is 34.0 Å². The molecule has 2 aromatic heterocycles. The molecule has 6 heteroatoms. The van der Waals surface area contributed by atoms with Crippen molar-refractivity contribution in [3.8, 4) is 5.75 Å². The van der Waals surface area contributed by atoms with E-state index in [1.54, 1.807) is 30.2 Å². The zero-order chi connectivity index (χ0) is 18.3. The van der Waals surface area contributed by atoms with Crippen LogP contribution in [-0.2, 0) is 12.8 Å². The predicted octanol–water partition coefficient (Wildman–Crippen LogP) is 4.97. The van der Waals surface area contributed by atoms with E-state index in [0.29, 0.717) is 5.92 Å². The summed E-state index contributed by atoms with van der Waals surface area (Å²) in [5, 5.41) is 0.890. The number of hydrogen-bond donors (Lipinski definition) is 1. The van der Waals surface area contributed by atoms with Gasteiger partial charge in [-0.15, -0.1) is 23.1 Å². The number of benzene rings is 1. The number of H-pyrrole nitrogens is 1. The van der Waals surface area contributed by atoms with E-state index >= 15 is 0 Å². The summed E-state index contributed by atoms with van der Waals surface area (Å²) in [6.45, 7) is 4.36. The van der Waals surface area contributed by atoms with Gasteiger partial charge in [-0.05, 0) is 61.9 Å². The Bertz CT molecular complexity index is 991. The minimum atomic E-state index is 0.0132. The van der Waals surface area contributed by atoms with Gasteiger partial charge in [0.1, 0.15) is 16.4 Å². The first-order valence-corrected chi connectivity index (χ1v) is 10.6. The number of nitrogens with zero attached hydrogens (tertiary/aromatic N) is 1.